The van der Waals surface area contributed by atoms with Crippen molar-refractivity contribution in [2.45, 2.75) is 23.4 Å². The van der Waals surface area contributed by atoms with Crippen LogP contribution in [0.25, 0.3) is 0 Å². The zero-order valence-electron chi connectivity index (χ0n) is 15.8. The van der Waals surface area contributed by atoms with Crippen molar-refractivity contribution in [1.29, 1.82) is 0 Å². The first-order valence-corrected chi connectivity index (χ1v) is 11.5. The number of hydrogen-bond donors (Lipinski definition) is 4. The molecule has 2 aromatic rings. The minimum absolute atomic E-state index is 0.0138. The number of thioether (sulfide) groups is 1. The lowest BCUT2D eigenvalue weighted by Gasteiger charge is -2.29. The van der Waals surface area contributed by atoms with Gasteiger partial charge in [-0.15, -0.1) is 0 Å². The highest BCUT2D eigenvalue weighted by Crippen LogP contribution is 2.26. The number of nitrogens with one attached hydrogen (secondary N) is 2. The van der Waals surface area contributed by atoms with E-state index >= 15 is 0 Å². The Balaban J connectivity index is 1.80. The molecule has 4 N–H and O–H groups in total. The van der Waals surface area contributed by atoms with Gasteiger partial charge in [0.15, 0.2) is 16.8 Å². The molecule has 0 radical (unpaired) electrons. The van der Waals surface area contributed by atoms with E-state index in [1.54, 1.807) is 0 Å². The molecule has 0 bridgehead atoms. The van der Waals surface area contributed by atoms with Crippen LogP contribution in [0.5, 0.6) is 0 Å². The van der Waals surface area contributed by atoms with Crippen LogP contribution >= 0.6 is 11.8 Å². The second-order valence-corrected chi connectivity index (χ2v) is 9.11. The number of nitrogens with zero attached hydrogens (tertiary/aromatic N) is 3. The van der Waals surface area contributed by atoms with Gasteiger partial charge in [-0.3, -0.25) is 4.72 Å². The Hall–Kier alpha value is -2.06. The number of benzene rings is 1. The number of rotatable bonds is 10. The summed E-state index contributed by atoms with van der Waals surface area (Å²) in [5, 5.41) is 21.3. The summed E-state index contributed by atoms with van der Waals surface area (Å²) in [5.74, 6) is -1.74. The number of aromatic nitrogens is 2. The van der Waals surface area contributed by atoms with Crippen LogP contribution in [-0.4, -0.2) is 65.2 Å². The average molecular weight is 462 g/mol. The topological polar surface area (TPSA) is 128 Å². The van der Waals surface area contributed by atoms with Gasteiger partial charge in [-0.2, -0.15) is 12.7 Å². The minimum atomic E-state index is -3.77. The lowest BCUT2D eigenvalue weighted by molar-refractivity contribution is 0.105. The molecule has 1 aliphatic rings. The molecule has 1 aliphatic heterocycles. The first-order chi connectivity index (χ1) is 14.3. The molecule has 3 rings (SSSR count). The maximum absolute atomic E-state index is 13.9. The van der Waals surface area contributed by atoms with E-state index in [1.165, 1.54) is 22.5 Å². The van der Waals surface area contributed by atoms with Gasteiger partial charge in [-0.1, -0.05) is 23.9 Å². The largest absolute Gasteiger partial charge is 0.394 e. The Bertz CT molecular complexity index is 992. The molecule has 2 heterocycles. The van der Waals surface area contributed by atoms with Gasteiger partial charge in [0.05, 0.1) is 12.7 Å². The molecule has 9 nitrogen and oxygen atoms in total. The van der Waals surface area contributed by atoms with Gasteiger partial charge < -0.3 is 15.5 Å². The van der Waals surface area contributed by atoms with Crippen molar-refractivity contribution in [3.63, 3.8) is 0 Å². The summed E-state index contributed by atoms with van der Waals surface area (Å²) < 4.78 is 55.6. The predicted octanol–water partition coefficient (Wildman–Crippen LogP) is 1.17. The minimum Gasteiger partial charge on any atom is -0.394 e. The van der Waals surface area contributed by atoms with Gasteiger partial charge in [0.25, 0.3) is 0 Å². The van der Waals surface area contributed by atoms with Gasteiger partial charge >= 0.3 is 10.2 Å². The Morgan fingerprint density at radius 1 is 1.23 bits per heavy atom. The van der Waals surface area contributed by atoms with Crippen LogP contribution in [0.1, 0.15) is 12.0 Å². The Kier molecular flexibility index (Phi) is 7.41. The summed E-state index contributed by atoms with van der Waals surface area (Å²) >= 11 is 0.990. The summed E-state index contributed by atoms with van der Waals surface area (Å²) in [6.45, 7) is 0.324. The van der Waals surface area contributed by atoms with Gasteiger partial charge in [-0.05, 0) is 12.5 Å². The fourth-order valence-corrected chi connectivity index (χ4v) is 4.52. The van der Waals surface area contributed by atoms with Crippen LogP contribution in [0, 0.1) is 11.6 Å². The van der Waals surface area contributed by atoms with E-state index in [0.717, 1.165) is 24.2 Å². The average Bonchev–Trinajstić information content (AvgIpc) is 2.65. The van der Waals surface area contributed by atoms with Gasteiger partial charge in [0, 0.05) is 37.0 Å². The van der Waals surface area contributed by atoms with Crippen molar-refractivity contribution >= 4 is 33.6 Å². The predicted molar refractivity (Wildman–Crippen MR) is 108 cm³/mol. The Labute approximate surface area is 176 Å². The third kappa shape index (κ3) is 5.76. The van der Waals surface area contributed by atoms with Gasteiger partial charge in [0.1, 0.15) is 11.6 Å². The number of hydrogen-bond acceptors (Lipinski definition) is 8. The Morgan fingerprint density at radius 2 is 1.97 bits per heavy atom. The van der Waals surface area contributed by atoms with Crippen LogP contribution < -0.4 is 10.0 Å². The smallest absolute Gasteiger partial charge is 0.302 e. The molecule has 13 heteroatoms. The molecule has 0 spiro atoms. The molecule has 1 fully saturated rings. The van der Waals surface area contributed by atoms with Crippen LogP contribution in [0.4, 0.5) is 20.4 Å². The Morgan fingerprint density at radius 3 is 2.63 bits per heavy atom. The molecule has 1 aromatic heterocycles. The van der Waals surface area contributed by atoms with Crippen LogP contribution in [0.3, 0.4) is 0 Å². The highest BCUT2D eigenvalue weighted by atomic mass is 32.2. The van der Waals surface area contributed by atoms with Crippen LogP contribution in [0.15, 0.2) is 29.4 Å². The van der Waals surface area contributed by atoms with Crippen molar-refractivity contribution in [3.05, 3.63) is 41.5 Å². The fourth-order valence-electron chi connectivity index (χ4n) is 2.45. The highest BCUT2D eigenvalue weighted by Gasteiger charge is 2.28. The summed E-state index contributed by atoms with van der Waals surface area (Å²) in [4.78, 5) is 8.34. The maximum Gasteiger partial charge on any atom is 0.302 e. The molecule has 0 saturated carbocycles. The van der Waals surface area contributed by atoms with Crippen molar-refractivity contribution in [2.75, 3.05) is 36.3 Å². The molecular formula is C17H21F2N5O4S2. The zero-order chi connectivity index (χ0) is 21.7. The number of aliphatic hydroxyl groups is 2. The molecule has 0 aliphatic carbocycles. The van der Waals surface area contributed by atoms with Crippen molar-refractivity contribution in [1.82, 2.24) is 14.3 Å². The monoisotopic (exact) mass is 461 g/mol. The fraction of sp³-hybridized carbons (Fsp3) is 0.412. The number of anilines is 2. The standard InChI is InChI=1S/C17H21F2N5O4S2/c18-13-4-1-3-11(16(13)19)10-29-17-21-14(20-8-12(26)9-25)7-15(22-17)23-30(27,28)24-5-2-6-24/h1,3-4,7,12,25-26H,2,5-6,8-10H2,(H2,20,21,22,23). The molecular weight excluding hydrogens is 440 g/mol. The summed E-state index contributed by atoms with van der Waals surface area (Å²) in [6.07, 6.45) is -0.268. The van der Waals surface area contributed by atoms with Gasteiger partial charge in [-0.25, -0.2) is 18.7 Å². The second kappa shape index (κ2) is 9.83. The van der Waals surface area contributed by atoms with Crippen molar-refractivity contribution in [2.24, 2.45) is 0 Å². The van der Waals surface area contributed by atoms with E-state index in [0.29, 0.717) is 13.1 Å². The normalized spacial score (nSPS) is 15.5. The van der Waals surface area contributed by atoms with E-state index in [1.807, 2.05) is 0 Å². The molecule has 1 unspecified atom stereocenters. The lowest BCUT2D eigenvalue weighted by atomic mass is 10.2. The number of aliphatic hydroxyl groups excluding tert-OH is 2. The van der Waals surface area contributed by atoms with E-state index in [2.05, 4.69) is 20.0 Å². The number of halogens is 2. The highest BCUT2D eigenvalue weighted by molar-refractivity contribution is 7.98. The zero-order valence-corrected chi connectivity index (χ0v) is 17.4. The maximum atomic E-state index is 13.9. The first kappa shape index (κ1) is 22.6. The summed E-state index contributed by atoms with van der Waals surface area (Å²) in [7, 11) is -3.77. The third-order valence-electron chi connectivity index (χ3n) is 4.21. The lowest BCUT2D eigenvalue weighted by Crippen LogP contribution is -2.45. The molecule has 1 atom stereocenters. The summed E-state index contributed by atoms with van der Waals surface area (Å²) in [6, 6.07) is 5.17. The SMILES string of the molecule is O=S(=O)(Nc1cc(NCC(O)CO)nc(SCc2cccc(F)c2F)n1)N1CCC1. The first-order valence-electron chi connectivity index (χ1n) is 9.04. The van der Waals surface area contributed by atoms with Crippen LogP contribution in [-0.2, 0) is 16.0 Å². The van der Waals surface area contributed by atoms with E-state index in [-0.39, 0.29) is 34.7 Å². The summed E-state index contributed by atoms with van der Waals surface area (Å²) in [5.41, 5.74) is 0.111. The van der Waals surface area contributed by atoms with Gasteiger partial charge in [0.2, 0.25) is 0 Å². The molecule has 0 amide bonds. The van der Waals surface area contributed by atoms with Crippen molar-refractivity contribution in [3.8, 4) is 0 Å². The quantitative estimate of drug-likeness (QED) is 0.307. The van der Waals surface area contributed by atoms with Crippen molar-refractivity contribution < 1.29 is 27.4 Å². The molecule has 30 heavy (non-hydrogen) atoms. The van der Waals surface area contributed by atoms with E-state index in [9.17, 15) is 22.3 Å². The second-order valence-electron chi connectivity index (χ2n) is 6.50. The van der Waals surface area contributed by atoms with E-state index in [4.69, 9.17) is 5.11 Å². The van der Waals surface area contributed by atoms with Crippen LogP contribution in [0.2, 0.25) is 0 Å². The molecule has 1 aromatic carbocycles. The third-order valence-corrected chi connectivity index (χ3v) is 6.62. The molecule has 164 valence electrons. The molecule has 1 saturated heterocycles. The van der Waals surface area contributed by atoms with E-state index < -0.39 is 34.6 Å².